The van der Waals surface area contributed by atoms with Crippen LogP contribution in [0.3, 0.4) is 0 Å². The molecule has 1 aliphatic rings. The van der Waals surface area contributed by atoms with E-state index in [1.807, 2.05) is 67.6 Å². The molecule has 1 aliphatic carbocycles. The molecule has 0 spiro atoms. The Morgan fingerprint density at radius 2 is 1.58 bits per heavy atom. The molecule has 0 aliphatic heterocycles. The van der Waals surface area contributed by atoms with Crippen LogP contribution in [0.2, 0.25) is 0 Å². The second kappa shape index (κ2) is 13.7. The minimum Gasteiger partial charge on any atom is -0.383 e. The lowest BCUT2D eigenvalue weighted by molar-refractivity contribution is -0.420. The largest absolute Gasteiger partial charge is 0.383 e. The first-order valence-electron chi connectivity index (χ1n) is 12.5. The van der Waals surface area contributed by atoms with Crippen molar-refractivity contribution in [1.29, 1.82) is 5.41 Å². The molecule has 2 aromatic rings. The van der Waals surface area contributed by atoms with Gasteiger partial charge in [-0.05, 0) is 37.5 Å². The predicted octanol–water partition coefficient (Wildman–Crippen LogP) is 3.47. The zero-order valence-corrected chi connectivity index (χ0v) is 21.6. The summed E-state index contributed by atoms with van der Waals surface area (Å²) < 4.78 is 0. The normalized spacial score (nSPS) is 15.6. The van der Waals surface area contributed by atoms with Gasteiger partial charge in [0.15, 0.2) is 0 Å². The highest BCUT2D eigenvalue weighted by Gasteiger charge is 2.26. The Kier molecular flexibility index (Phi) is 10.1. The van der Waals surface area contributed by atoms with Crippen LogP contribution in [0, 0.1) is 15.5 Å². The monoisotopic (exact) mass is 515 g/mol. The van der Waals surface area contributed by atoms with Crippen LogP contribution < -0.4 is 16.0 Å². The van der Waals surface area contributed by atoms with Crippen molar-refractivity contribution >= 4 is 17.5 Å². The van der Waals surface area contributed by atoms with Crippen molar-refractivity contribution in [3.8, 4) is 0 Å². The van der Waals surface area contributed by atoms with Crippen molar-refractivity contribution < 1.29 is 14.5 Å². The Labute approximate surface area is 222 Å². The molecule has 0 saturated heterocycles. The van der Waals surface area contributed by atoms with Gasteiger partial charge in [0.2, 0.25) is 11.8 Å². The van der Waals surface area contributed by atoms with Gasteiger partial charge in [-0.15, -0.1) is 0 Å². The van der Waals surface area contributed by atoms with Crippen LogP contribution in [-0.2, 0) is 22.4 Å². The summed E-state index contributed by atoms with van der Waals surface area (Å²) in [5, 5.41) is 28.3. The molecule has 2 unspecified atom stereocenters. The maximum Gasteiger partial charge on any atom is 0.278 e. The summed E-state index contributed by atoms with van der Waals surface area (Å²) in [5.41, 5.74) is 2.50. The van der Waals surface area contributed by atoms with Crippen LogP contribution in [0.5, 0.6) is 0 Å². The number of benzene rings is 2. The van der Waals surface area contributed by atoms with Crippen molar-refractivity contribution in [2.45, 2.75) is 45.2 Å². The van der Waals surface area contributed by atoms with Crippen molar-refractivity contribution in [2.75, 3.05) is 6.54 Å². The molecule has 4 N–H and O–H groups in total. The molecular weight excluding hydrogens is 482 g/mol. The summed E-state index contributed by atoms with van der Waals surface area (Å²) in [5.74, 6) is -0.578. The van der Waals surface area contributed by atoms with Crippen LogP contribution >= 0.6 is 0 Å². The smallest absolute Gasteiger partial charge is 0.278 e. The molecule has 0 radical (unpaired) electrons. The molecule has 38 heavy (non-hydrogen) atoms. The third-order valence-electron chi connectivity index (χ3n) is 6.08. The summed E-state index contributed by atoms with van der Waals surface area (Å²) in [6.45, 7) is 3.76. The van der Waals surface area contributed by atoms with E-state index in [1.165, 1.54) is 18.2 Å². The summed E-state index contributed by atoms with van der Waals surface area (Å²) in [7, 11) is 0. The Morgan fingerprint density at radius 1 is 0.974 bits per heavy atom. The lowest BCUT2D eigenvalue weighted by Crippen LogP contribution is -2.50. The van der Waals surface area contributed by atoms with Gasteiger partial charge in [0.1, 0.15) is 6.04 Å². The van der Waals surface area contributed by atoms with Gasteiger partial charge in [0.05, 0.1) is 21.9 Å². The minimum atomic E-state index is -0.754. The summed E-state index contributed by atoms with van der Waals surface area (Å²) in [6, 6.07) is 18.5. The highest BCUT2D eigenvalue weighted by molar-refractivity contribution is 6.13. The van der Waals surface area contributed by atoms with Crippen molar-refractivity contribution in [2.24, 2.45) is 0 Å². The number of amides is 2. The van der Waals surface area contributed by atoms with Gasteiger partial charge in [-0.1, -0.05) is 66.7 Å². The van der Waals surface area contributed by atoms with Gasteiger partial charge in [-0.2, -0.15) is 0 Å². The van der Waals surface area contributed by atoms with Crippen molar-refractivity contribution in [1.82, 2.24) is 16.0 Å². The van der Waals surface area contributed by atoms with Crippen LogP contribution in [0.25, 0.3) is 0 Å². The average molecular weight is 516 g/mol. The van der Waals surface area contributed by atoms with E-state index in [0.717, 1.165) is 11.1 Å². The number of allylic oxidation sites excluding steroid dienone is 5. The number of hydrogen-bond donors (Lipinski definition) is 4. The molecule has 2 aromatic carbocycles. The third-order valence-corrected chi connectivity index (χ3v) is 6.08. The second-order valence-corrected chi connectivity index (χ2v) is 9.05. The van der Waals surface area contributed by atoms with Crippen LogP contribution in [-0.4, -0.2) is 41.1 Å². The summed E-state index contributed by atoms with van der Waals surface area (Å²) >= 11 is 0. The van der Waals surface area contributed by atoms with E-state index in [1.54, 1.807) is 6.92 Å². The second-order valence-electron chi connectivity index (χ2n) is 9.05. The van der Waals surface area contributed by atoms with Gasteiger partial charge >= 0.3 is 0 Å². The van der Waals surface area contributed by atoms with E-state index in [2.05, 4.69) is 16.0 Å². The van der Waals surface area contributed by atoms with Crippen LogP contribution in [0.4, 0.5) is 0 Å². The minimum absolute atomic E-state index is 0.00385. The number of hydrogen-bond acceptors (Lipinski definition) is 6. The van der Waals surface area contributed by atoms with Gasteiger partial charge in [0.25, 0.3) is 5.70 Å². The topological polar surface area (TPSA) is 137 Å². The number of carbonyl (C=O) groups excluding carboxylic acids is 2. The quantitative estimate of drug-likeness (QED) is 0.253. The van der Waals surface area contributed by atoms with Crippen LogP contribution in [0.1, 0.15) is 31.4 Å². The third kappa shape index (κ3) is 7.99. The predicted molar refractivity (Wildman–Crippen MR) is 147 cm³/mol. The van der Waals surface area contributed by atoms with Gasteiger partial charge in [0, 0.05) is 31.5 Å². The highest BCUT2D eigenvalue weighted by atomic mass is 16.6. The number of nitro groups is 1. The molecule has 9 nitrogen and oxygen atoms in total. The lowest BCUT2D eigenvalue weighted by atomic mass is 9.99. The molecule has 0 bridgehead atoms. The Morgan fingerprint density at radius 3 is 2.16 bits per heavy atom. The van der Waals surface area contributed by atoms with Crippen LogP contribution in [0.15, 0.2) is 95.9 Å². The number of nitrogens with one attached hydrogen (secondary N) is 4. The molecule has 0 aromatic heterocycles. The molecule has 198 valence electrons. The number of nitrogens with zero attached hydrogens (tertiary/aromatic N) is 1. The number of carbonyl (C=O) groups is 2. The molecule has 2 atom stereocenters. The average Bonchev–Trinajstić information content (AvgIpc) is 2.90. The first-order chi connectivity index (χ1) is 18.3. The highest BCUT2D eigenvalue weighted by Crippen LogP contribution is 2.20. The Hall–Kier alpha value is -4.53. The fourth-order valence-electron chi connectivity index (χ4n) is 4.21. The van der Waals surface area contributed by atoms with E-state index in [4.69, 9.17) is 5.41 Å². The number of rotatable bonds is 12. The van der Waals surface area contributed by atoms with Gasteiger partial charge in [-0.25, -0.2) is 0 Å². The van der Waals surface area contributed by atoms with Gasteiger partial charge < -0.3 is 16.0 Å². The molecule has 2 amide bonds. The van der Waals surface area contributed by atoms with Crippen molar-refractivity contribution in [3.05, 3.63) is 117 Å². The van der Waals surface area contributed by atoms with E-state index in [0.29, 0.717) is 18.5 Å². The maximum absolute atomic E-state index is 13.2. The van der Waals surface area contributed by atoms with E-state index in [-0.39, 0.29) is 47.8 Å². The summed E-state index contributed by atoms with van der Waals surface area (Å²) in [4.78, 5) is 36.6. The van der Waals surface area contributed by atoms with E-state index in [9.17, 15) is 19.7 Å². The van der Waals surface area contributed by atoms with Crippen molar-refractivity contribution in [3.63, 3.8) is 0 Å². The fraction of sp³-hybridized carbons (Fsp3) is 0.276. The van der Waals surface area contributed by atoms with E-state index >= 15 is 0 Å². The molecule has 0 saturated carbocycles. The van der Waals surface area contributed by atoms with E-state index < -0.39 is 11.0 Å². The lowest BCUT2D eigenvalue weighted by Gasteiger charge is -2.22. The SMILES string of the molecule is C/C=C1/C(=N)C(NCCC(=O)NC(Cc2ccccc2)C(=O)NC(C)Cc2ccccc2)=CC=C1[N+](=O)[O-]. The van der Waals surface area contributed by atoms with Gasteiger partial charge in [-0.3, -0.25) is 25.1 Å². The zero-order chi connectivity index (χ0) is 27.5. The maximum atomic E-state index is 13.2. The molecule has 3 rings (SSSR count). The molecule has 0 heterocycles. The molecule has 9 heteroatoms. The Balaban J connectivity index is 1.60. The standard InChI is InChI=1S/C29H33N5O4/c1-3-23-26(34(37)38)15-14-24(28(23)30)31-17-16-27(35)33-25(19-22-12-8-5-9-13-22)29(36)32-20(2)18-21-10-6-4-7-11-21/h3-15,20,25,30-31H,16-19H2,1-2H3,(H,32,36)(H,33,35)/b23-3+,30-28?. The Bertz CT molecular complexity index is 1250. The first kappa shape index (κ1) is 28.0. The molecular formula is C29H33N5O4. The fourth-order valence-corrected chi connectivity index (χ4v) is 4.21. The first-order valence-corrected chi connectivity index (χ1v) is 12.5. The zero-order valence-electron chi connectivity index (χ0n) is 21.6. The summed E-state index contributed by atoms with van der Waals surface area (Å²) in [6.07, 6.45) is 5.39. The molecule has 0 fully saturated rings.